The number of rotatable bonds is 17. The van der Waals surface area contributed by atoms with Crippen molar-refractivity contribution in [2.45, 2.75) is 71.5 Å². The third-order valence-electron chi connectivity index (χ3n) is 5.96. The average molecular weight is 579 g/mol. The maximum atomic E-state index is 13.0. The third kappa shape index (κ3) is 12.5. The SMILES string of the molecule is CCOC(=O)/C=C/CC[C@H](NC(=O)CCC(=O)O)C(=O)Nc1cccn(CC(=O)N[C@H](C(=O)OC)C(C)CC)c1=O. The van der Waals surface area contributed by atoms with Crippen molar-refractivity contribution >= 4 is 41.3 Å². The van der Waals surface area contributed by atoms with Crippen LogP contribution < -0.4 is 21.5 Å². The van der Waals surface area contributed by atoms with Crippen molar-refractivity contribution in [3.63, 3.8) is 0 Å². The second kappa shape index (κ2) is 18.0. The first kappa shape index (κ1) is 34.5. The molecule has 0 aliphatic rings. The van der Waals surface area contributed by atoms with Crippen LogP contribution in [0.4, 0.5) is 5.69 Å². The number of ether oxygens (including phenoxy) is 2. The zero-order chi connectivity index (χ0) is 30.9. The highest BCUT2D eigenvalue weighted by molar-refractivity contribution is 5.97. The first-order chi connectivity index (χ1) is 19.4. The van der Waals surface area contributed by atoms with E-state index in [0.29, 0.717) is 6.42 Å². The predicted octanol–water partition coefficient (Wildman–Crippen LogP) is 0.740. The minimum Gasteiger partial charge on any atom is -0.481 e. The molecule has 1 heterocycles. The molecule has 0 radical (unpaired) electrons. The first-order valence-corrected chi connectivity index (χ1v) is 13.1. The van der Waals surface area contributed by atoms with Gasteiger partial charge in [0.05, 0.1) is 20.1 Å². The van der Waals surface area contributed by atoms with Crippen molar-refractivity contribution in [2.24, 2.45) is 5.92 Å². The van der Waals surface area contributed by atoms with E-state index in [2.05, 4.69) is 16.0 Å². The van der Waals surface area contributed by atoms with Crippen molar-refractivity contribution < 1.29 is 43.3 Å². The number of hydrogen-bond donors (Lipinski definition) is 4. The van der Waals surface area contributed by atoms with Gasteiger partial charge in [0, 0.05) is 18.7 Å². The number of esters is 2. The standard InChI is InChI=1S/C27H38N4O10/c1-5-17(3)24(27(39)40-4)30-21(33)16-31-15-9-11-19(26(31)38)29-25(37)18(28-20(32)13-14-22(34)35)10-7-8-12-23(36)41-6-2/h8-9,11-12,15,17-18,24H,5-7,10,13-14,16H2,1-4H3,(H,28,32)(H,29,37)(H,30,33)(H,34,35)/b12-8+/t17?,18-,24-/m0/s1. The lowest BCUT2D eigenvalue weighted by Crippen LogP contribution is -2.47. The average Bonchev–Trinajstić information content (AvgIpc) is 2.93. The summed E-state index contributed by atoms with van der Waals surface area (Å²) in [5.74, 6) is -4.67. The Labute approximate surface area is 237 Å². The molecule has 3 amide bonds. The fourth-order valence-electron chi connectivity index (χ4n) is 3.53. The van der Waals surface area contributed by atoms with Gasteiger partial charge in [-0.2, -0.15) is 0 Å². The Balaban J connectivity index is 3.03. The largest absolute Gasteiger partial charge is 0.481 e. The summed E-state index contributed by atoms with van der Waals surface area (Å²) in [4.78, 5) is 85.2. The van der Waals surface area contributed by atoms with Gasteiger partial charge in [0.15, 0.2) is 0 Å². The van der Waals surface area contributed by atoms with Gasteiger partial charge in [-0.05, 0) is 37.8 Å². The Bertz CT molecular complexity index is 1180. The maximum absolute atomic E-state index is 13.0. The second-order valence-corrected chi connectivity index (χ2v) is 9.04. The molecule has 1 aromatic rings. The van der Waals surface area contributed by atoms with Gasteiger partial charge in [0.25, 0.3) is 5.56 Å². The van der Waals surface area contributed by atoms with Crippen LogP contribution in [0.3, 0.4) is 0 Å². The van der Waals surface area contributed by atoms with Crippen molar-refractivity contribution in [1.82, 2.24) is 15.2 Å². The first-order valence-electron chi connectivity index (χ1n) is 13.1. The minimum atomic E-state index is -1.19. The zero-order valence-corrected chi connectivity index (χ0v) is 23.6. The molecule has 226 valence electrons. The number of methoxy groups -OCH3 is 1. The van der Waals surface area contributed by atoms with Crippen LogP contribution in [0, 0.1) is 5.92 Å². The highest BCUT2D eigenvalue weighted by atomic mass is 16.5. The summed E-state index contributed by atoms with van der Waals surface area (Å²) in [6, 6.07) is 0.671. The molecule has 14 heteroatoms. The molecule has 1 aromatic heterocycles. The van der Waals surface area contributed by atoms with Crippen molar-refractivity contribution in [3.05, 3.63) is 40.8 Å². The van der Waals surface area contributed by atoms with E-state index in [1.165, 1.54) is 37.6 Å². The number of carbonyl (C=O) groups excluding carboxylic acids is 5. The monoisotopic (exact) mass is 578 g/mol. The quantitative estimate of drug-likeness (QED) is 0.151. The lowest BCUT2D eigenvalue weighted by molar-refractivity contribution is -0.146. The van der Waals surface area contributed by atoms with Crippen LogP contribution in [0.25, 0.3) is 0 Å². The molecule has 1 unspecified atom stereocenters. The number of amides is 3. The van der Waals surface area contributed by atoms with Crippen LogP contribution in [-0.4, -0.2) is 71.1 Å². The lowest BCUT2D eigenvalue weighted by atomic mass is 9.99. The van der Waals surface area contributed by atoms with Crippen LogP contribution in [0.15, 0.2) is 35.3 Å². The number of carboxylic acids is 1. The number of aromatic nitrogens is 1. The molecule has 0 aliphatic carbocycles. The molecule has 14 nitrogen and oxygen atoms in total. The fraction of sp³-hybridized carbons (Fsp3) is 0.519. The van der Waals surface area contributed by atoms with E-state index < -0.39 is 66.2 Å². The third-order valence-corrected chi connectivity index (χ3v) is 5.96. The Hall–Kier alpha value is -4.49. The number of carbonyl (C=O) groups is 6. The van der Waals surface area contributed by atoms with Crippen LogP contribution in [-0.2, 0) is 44.8 Å². The van der Waals surface area contributed by atoms with E-state index in [9.17, 15) is 33.6 Å². The predicted molar refractivity (Wildman–Crippen MR) is 147 cm³/mol. The number of aliphatic carboxylic acids is 1. The number of hydrogen-bond acceptors (Lipinski definition) is 9. The highest BCUT2D eigenvalue weighted by Crippen LogP contribution is 2.10. The summed E-state index contributed by atoms with van der Waals surface area (Å²) in [5.41, 5.74) is -0.893. The zero-order valence-electron chi connectivity index (χ0n) is 23.6. The number of pyridine rings is 1. The molecular formula is C27H38N4O10. The number of anilines is 1. The van der Waals surface area contributed by atoms with Gasteiger partial charge < -0.3 is 35.1 Å². The Morgan fingerprint density at radius 3 is 2.39 bits per heavy atom. The molecular weight excluding hydrogens is 540 g/mol. The number of allylic oxidation sites excluding steroid dienone is 1. The second-order valence-electron chi connectivity index (χ2n) is 9.04. The minimum absolute atomic E-state index is 0.0223. The summed E-state index contributed by atoms with van der Waals surface area (Å²) in [6.07, 6.45) is 3.94. The molecule has 3 atom stereocenters. The van der Waals surface area contributed by atoms with Gasteiger partial charge >= 0.3 is 17.9 Å². The summed E-state index contributed by atoms with van der Waals surface area (Å²) < 4.78 is 10.6. The van der Waals surface area contributed by atoms with Crippen LogP contribution in [0.1, 0.15) is 52.9 Å². The van der Waals surface area contributed by atoms with Crippen LogP contribution in [0.5, 0.6) is 0 Å². The Kier molecular flexibility index (Phi) is 15.1. The van der Waals surface area contributed by atoms with Gasteiger partial charge in [-0.15, -0.1) is 0 Å². The Morgan fingerprint density at radius 2 is 1.78 bits per heavy atom. The maximum Gasteiger partial charge on any atom is 0.330 e. The summed E-state index contributed by atoms with van der Waals surface area (Å²) in [5, 5.41) is 16.3. The molecule has 0 saturated carbocycles. The molecule has 0 spiro atoms. The van der Waals surface area contributed by atoms with Crippen LogP contribution >= 0.6 is 0 Å². The van der Waals surface area contributed by atoms with Gasteiger partial charge in [-0.1, -0.05) is 26.3 Å². The van der Waals surface area contributed by atoms with Gasteiger partial charge in [-0.25, -0.2) is 9.59 Å². The molecule has 0 fully saturated rings. The molecule has 0 aromatic carbocycles. The summed E-state index contributed by atoms with van der Waals surface area (Å²) >= 11 is 0. The molecule has 41 heavy (non-hydrogen) atoms. The number of carboxylic acid groups (broad SMARTS) is 1. The van der Waals surface area contributed by atoms with Crippen molar-refractivity contribution in [3.8, 4) is 0 Å². The Morgan fingerprint density at radius 1 is 1.07 bits per heavy atom. The number of nitrogens with one attached hydrogen (secondary N) is 3. The van der Waals surface area contributed by atoms with Crippen LogP contribution in [0.2, 0.25) is 0 Å². The summed E-state index contributed by atoms with van der Waals surface area (Å²) in [6.45, 7) is 5.01. The van der Waals surface area contributed by atoms with E-state index in [4.69, 9.17) is 14.6 Å². The van der Waals surface area contributed by atoms with Gasteiger partial charge in [0.1, 0.15) is 24.3 Å². The van der Waals surface area contributed by atoms with Gasteiger partial charge in [0.2, 0.25) is 17.7 Å². The molecule has 1 rings (SSSR count). The molecule has 0 bridgehead atoms. The van der Waals surface area contributed by atoms with E-state index >= 15 is 0 Å². The summed E-state index contributed by atoms with van der Waals surface area (Å²) in [7, 11) is 1.21. The fourth-order valence-corrected chi connectivity index (χ4v) is 3.53. The topological polar surface area (TPSA) is 199 Å². The smallest absolute Gasteiger partial charge is 0.330 e. The normalized spacial score (nSPS) is 13.0. The highest BCUT2D eigenvalue weighted by Gasteiger charge is 2.27. The molecule has 0 aliphatic heterocycles. The van der Waals surface area contributed by atoms with Gasteiger partial charge in [-0.3, -0.25) is 24.0 Å². The lowest BCUT2D eigenvalue weighted by Gasteiger charge is -2.22. The van der Waals surface area contributed by atoms with E-state index in [1.807, 2.05) is 6.92 Å². The van der Waals surface area contributed by atoms with E-state index in [-0.39, 0.29) is 37.5 Å². The van der Waals surface area contributed by atoms with Crippen molar-refractivity contribution in [2.75, 3.05) is 19.0 Å². The van der Waals surface area contributed by atoms with E-state index in [0.717, 1.165) is 4.57 Å². The molecule has 0 saturated heterocycles. The number of nitrogens with zero attached hydrogens (tertiary/aromatic N) is 1. The molecule has 4 N–H and O–H groups in total. The van der Waals surface area contributed by atoms with E-state index in [1.54, 1.807) is 13.8 Å². The van der Waals surface area contributed by atoms with Crippen molar-refractivity contribution in [1.29, 1.82) is 0 Å².